The number of nitrogens with one attached hydrogen (secondary N) is 1. The Morgan fingerprint density at radius 3 is 2.48 bits per heavy atom. The Labute approximate surface area is 154 Å². The van der Waals surface area contributed by atoms with Gasteiger partial charge in [-0.05, 0) is 23.8 Å². The highest BCUT2D eigenvalue weighted by atomic mass is 16.6. The van der Waals surface area contributed by atoms with Gasteiger partial charge in [-0.1, -0.05) is 30.3 Å². The summed E-state index contributed by atoms with van der Waals surface area (Å²) in [4.78, 5) is 23.9. The number of hydrogen-bond acceptors (Lipinski definition) is 6. The van der Waals surface area contributed by atoms with E-state index in [2.05, 4.69) is 20.3 Å². The number of pyridine rings is 1. The molecule has 0 bridgehead atoms. The van der Waals surface area contributed by atoms with E-state index >= 15 is 0 Å². The van der Waals surface area contributed by atoms with Crippen molar-refractivity contribution in [3.8, 4) is 11.4 Å². The van der Waals surface area contributed by atoms with Crippen LogP contribution in [0.15, 0.2) is 73.1 Å². The molecule has 132 valence electrons. The predicted molar refractivity (Wildman–Crippen MR) is 103 cm³/mol. The molecule has 2 aromatic heterocycles. The van der Waals surface area contributed by atoms with E-state index in [1.807, 2.05) is 42.5 Å². The summed E-state index contributed by atoms with van der Waals surface area (Å²) in [6, 6.07) is 18.1. The Bertz CT molecular complexity index is 1100. The number of non-ortho nitro benzene ring substituents is 1. The van der Waals surface area contributed by atoms with E-state index in [4.69, 9.17) is 0 Å². The monoisotopic (exact) mass is 357 g/mol. The van der Waals surface area contributed by atoms with Crippen LogP contribution >= 0.6 is 0 Å². The van der Waals surface area contributed by atoms with Crippen molar-refractivity contribution in [2.24, 2.45) is 0 Å². The molecular weight excluding hydrogens is 342 g/mol. The van der Waals surface area contributed by atoms with Gasteiger partial charge in [-0.15, -0.1) is 0 Å². The average Bonchev–Trinajstić information content (AvgIpc) is 2.72. The number of hydrogen-bond donors (Lipinski definition) is 1. The molecule has 0 aliphatic heterocycles. The number of fused-ring (bicyclic) bond motifs is 1. The van der Waals surface area contributed by atoms with E-state index in [-0.39, 0.29) is 5.69 Å². The number of aromatic nitrogens is 3. The van der Waals surface area contributed by atoms with Gasteiger partial charge in [0.2, 0.25) is 0 Å². The number of nitrogens with zero attached hydrogens (tertiary/aromatic N) is 4. The van der Waals surface area contributed by atoms with Gasteiger partial charge in [-0.25, -0.2) is 9.97 Å². The highest BCUT2D eigenvalue weighted by Crippen LogP contribution is 2.28. The molecule has 0 aliphatic carbocycles. The van der Waals surface area contributed by atoms with Crippen LogP contribution in [0.2, 0.25) is 0 Å². The van der Waals surface area contributed by atoms with Gasteiger partial charge in [0.15, 0.2) is 5.82 Å². The quantitative estimate of drug-likeness (QED) is 0.425. The van der Waals surface area contributed by atoms with E-state index in [0.717, 1.165) is 11.1 Å². The maximum absolute atomic E-state index is 11.2. The number of benzene rings is 2. The second-order valence-corrected chi connectivity index (χ2v) is 5.93. The summed E-state index contributed by atoms with van der Waals surface area (Å²) in [6.07, 6.45) is 3.35. The fraction of sp³-hybridized carbons (Fsp3) is 0.0500. The first kappa shape index (κ1) is 16.6. The van der Waals surface area contributed by atoms with Crippen molar-refractivity contribution in [1.82, 2.24) is 15.0 Å². The van der Waals surface area contributed by atoms with E-state index < -0.39 is 4.92 Å². The molecule has 0 unspecified atom stereocenters. The van der Waals surface area contributed by atoms with E-state index in [0.29, 0.717) is 29.1 Å². The lowest BCUT2D eigenvalue weighted by molar-refractivity contribution is -0.384. The molecule has 0 spiro atoms. The first-order chi connectivity index (χ1) is 13.2. The maximum Gasteiger partial charge on any atom is 0.270 e. The molecule has 0 amide bonds. The van der Waals surface area contributed by atoms with Crippen LogP contribution in [0.1, 0.15) is 5.56 Å². The zero-order chi connectivity index (χ0) is 18.6. The summed E-state index contributed by atoms with van der Waals surface area (Å²) in [7, 11) is 0. The lowest BCUT2D eigenvalue weighted by Gasteiger charge is -2.11. The normalized spacial score (nSPS) is 10.7. The van der Waals surface area contributed by atoms with E-state index in [9.17, 15) is 10.1 Å². The van der Waals surface area contributed by atoms with Crippen molar-refractivity contribution >= 4 is 22.4 Å². The molecule has 0 saturated heterocycles. The summed E-state index contributed by atoms with van der Waals surface area (Å²) in [5, 5.41) is 15.1. The smallest absolute Gasteiger partial charge is 0.270 e. The zero-order valence-electron chi connectivity index (χ0n) is 14.2. The maximum atomic E-state index is 11.2. The third-order valence-corrected chi connectivity index (χ3v) is 4.13. The van der Waals surface area contributed by atoms with Gasteiger partial charge in [0.25, 0.3) is 5.69 Å². The first-order valence-corrected chi connectivity index (χ1v) is 8.35. The average molecular weight is 357 g/mol. The Morgan fingerprint density at radius 1 is 0.963 bits per heavy atom. The molecule has 0 atom stereocenters. The number of anilines is 1. The minimum atomic E-state index is -0.419. The lowest BCUT2D eigenvalue weighted by Crippen LogP contribution is -2.04. The highest BCUT2D eigenvalue weighted by molar-refractivity contribution is 5.92. The van der Waals surface area contributed by atoms with Gasteiger partial charge in [0.05, 0.1) is 10.4 Å². The summed E-state index contributed by atoms with van der Waals surface area (Å²) < 4.78 is 0. The van der Waals surface area contributed by atoms with Crippen LogP contribution in [0.5, 0.6) is 0 Å². The second-order valence-electron chi connectivity index (χ2n) is 5.93. The topological polar surface area (TPSA) is 93.8 Å². The summed E-state index contributed by atoms with van der Waals surface area (Å²) >= 11 is 0. The van der Waals surface area contributed by atoms with Crippen LogP contribution in [0, 0.1) is 10.1 Å². The molecule has 2 aromatic carbocycles. The van der Waals surface area contributed by atoms with Gasteiger partial charge in [-0.2, -0.15) is 0 Å². The first-order valence-electron chi connectivity index (χ1n) is 8.35. The van der Waals surface area contributed by atoms with Gasteiger partial charge in [0.1, 0.15) is 5.82 Å². The van der Waals surface area contributed by atoms with E-state index in [1.54, 1.807) is 18.5 Å². The van der Waals surface area contributed by atoms with Gasteiger partial charge >= 0.3 is 0 Å². The lowest BCUT2D eigenvalue weighted by atomic mass is 10.1. The van der Waals surface area contributed by atoms with E-state index in [1.165, 1.54) is 12.1 Å². The van der Waals surface area contributed by atoms with Crippen LogP contribution in [-0.2, 0) is 6.54 Å². The molecule has 4 aromatic rings. The summed E-state index contributed by atoms with van der Waals surface area (Å²) in [5.41, 5.74) is 2.55. The fourth-order valence-corrected chi connectivity index (χ4v) is 2.78. The number of nitro groups is 1. The minimum Gasteiger partial charge on any atom is -0.365 e. The standard InChI is InChI=1S/C20H15N5O2/c26-25(27)16-6-7-18-17(12-16)20(22-13-14-4-2-1-3-5-14)24-19(23-18)15-8-10-21-11-9-15/h1-12H,13H2,(H,22,23,24). The van der Waals surface area contributed by atoms with Crippen molar-refractivity contribution < 1.29 is 4.92 Å². The molecule has 4 rings (SSSR count). The van der Waals surface area contributed by atoms with Crippen LogP contribution < -0.4 is 5.32 Å². The highest BCUT2D eigenvalue weighted by Gasteiger charge is 2.14. The Hall–Kier alpha value is -3.87. The Kier molecular flexibility index (Phi) is 4.40. The molecule has 0 aliphatic rings. The van der Waals surface area contributed by atoms with Crippen molar-refractivity contribution in [2.75, 3.05) is 5.32 Å². The van der Waals surface area contributed by atoms with Crippen LogP contribution in [0.3, 0.4) is 0 Å². The fourth-order valence-electron chi connectivity index (χ4n) is 2.78. The van der Waals surface area contributed by atoms with Crippen LogP contribution in [-0.4, -0.2) is 19.9 Å². The summed E-state index contributed by atoms with van der Waals surface area (Å²) in [6.45, 7) is 0.547. The predicted octanol–water partition coefficient (Wildman–Crippen LogP) is 4.21. The SMILES string of the molecule is O=[N+]([O-])c1ccc2nc(-c3ccncc3)nc(NCc3ccccc3)c2c1. The van der Waals surface area contributed by atoms with Crippen molar-refractivity contribution in [3.05, 3.63) is 88.7 Å². The minimum absolute atomic E-state index is 0.00511. The third kappa shape index (κ3) is 3.57. The Morgan fingerprint density at radius 2 is 1.74 bits per heavy atom. The van der Waals surface area contributed by atoms with Gasteiger partial charge in [0, 0.05) is 42.0 Å². The van der Waals surface area contributed by atoms with Gasteiger partial charge < -0.3 is 5.32 Å². The van der Waals surface area contributed by atoms with Crippen LogP contribution in [0.4, 0.5) is 11.5 Å². The molecule has 1 N–H and O–H groups in total. The van der Waals surface area contributed by atoms with Crippen molar-refractivity contribution in [1.29, 1.82) is 0 Å². The molecule has 0 radical (unpaired) electrons. The molecule has 7 nitrogen and oxygen atoms in total. The second kappa shape index (κ2) is 7.17. The van der Waals surface area contributed by atoms with Gasteiger partial charge in [-0.3, -0.25) is 15.1 Å². The molecule has 2 heterocycles. The third-order valence-electron chi connectivity index (χ3n) is 4.13. The number of rotatable bonds is 5. The zero-order valence-corrected chi connectivity index (χ0v) is 14.2. The van der Waals surface area contributed by atoms with Crippen molar-refractivity contribution in [2.45, 2.75) is 6.54 Å². The largest absolute Gasteiger partial charge is 0.365 e. The summed E-state index contributed by atoms with van der Waals surface area (Å²) in [5.74, 6) is 1.09. The van der Waals surface area contributed by atoms with Crippen molar-refractivity contribution in [3.63, 3.8) is 0 Å². The molecule has 0 fully saturated rings. The molecule has 7 heteroatoms. The molecule has 27 heavy (non-hydrogen) atoms. The van der Waals surface area contributed by atoms with Crippen LogP contribution in [0.25, 0.3) is 22.3 Å². The Balaban J connectivity index is 1.81. The molecular formula is C20H15N5O2. The number of nitro benzene ring substituents is 1. The molecule has 0 saturated carbocycles.